The molecule has 0 atom stereocenters. The van der Waals surface area contributed by atoms with Crippen LogP contribution >= 0.6 is 0 Å². The molecular weight excluding hydrogens is 352 g/mol. The molecule has 7 heteroatoms. The van der Waals surface area contributed by atoms with Crippen molar-refractivity contribution in [3.63, 3.8) is 0 Å². The van der Waals surface area contributed by atoms with E-state index in [9.17, 15) is 18.0 Å². The number of carbonyl (C=O) groups is 2. The number of nitrogens with zero attached hydrogens (tertiary/aromatic N) is 2. The molecule has 0 radical (unpaired) electrons. The fraction of sp³-hybridized carbons (Fsp3) is 0.263. The summed E-state index contributed by atoms with van der Waals surface area (Å²) in [6.07, 6.45) is 1.60. The average molecular weight is 370 g/mol. The van der Waals surface area contributed by atoms with Crippen molar-refractivity contribution in [1.29, 1.82) is 0 Å². The topological polar surface area (TPSA) is 74.8 Å². The molecule has 26 heavy (non-hydrogen) atoms. The number of rotatable bonds is 4. The van der Waals surface area contributed by atoms with Crippen LogP contribution in [0, 0.1) is 0 Å². The second-order valence-corrected chi connectivity index (χ2v) is 8.44. The van der Waals surface area contributed by atoms with Crippen LogP contribution in [0.2, 0.25) is 0 Å². The van der Waals surface area contributed by atoms with Crippen molar-refractivity contribution in [2.45, 2.75) is 12.8 Å². The molecule has 2 heterocycles. The minimum atomic E-state index is -3.63. The van der Waals surface area contributed by atoms with E-state index < -0.39 is 21.8 Å². The third-order valence-electron chi connectivity index (χ3n) is 4.85. The Labute approximate surface area is 152 Å². The first-order valence-corrected chi connectivity index (χ1v) is 10.1. The largest absolute Gasteiger partial charge is 0.273 e. The molecule has 0 spiro atoms. The SMILES string of the molecule is O=C1c2ccccc2C(=O)N1CCS(=O)(=O)N1CCCc2ccccc21. The second-order valence-electron chi connectivity index (χ2n) is 6.43. The van der Waals surface area contributed by atoms with E-state index in [1.54, 1.807) is 30.3 Å². The number of sulfonamides is 1. The fourth-order valence-corrected chi connectivity index (χ4v) is 5.07. The molecule has 0 unspecified atom stereocenters. The van der Waals surface area contributed by atoms with E-state index in [1.807, 2.05) is 18.2 Å². The number of fused-ring (bicyclic) bond motifs is 2. The summed E-state index contributed by atoms with van der Waals surface area (Å²) >= 11 is 0. The predicted octanol–water partition coefficient (Wildman–Crippen LogP) is 2.07. The molecule has 2 aromatic rings. The van der Waals surface area contributed by atoms with Gasteiger partial charge in [-0.25, -0.2) is 8.42 Å². The minimum absolute atomic E-state index is 0.145. The smallest absolute Gasteiger partial charge is 0.261 e. The van der Waals surface area contributed by atoms with Crippen LogP contribution in [0.5, 0.6) is 0 Å². The van der Waals surface area contributed by atoms with Gasteiger partial charge in [-0.05, 0) is 36.6 Å². The highest BCUT2D eigenvalue weighted by atomic mass is 32.2. The van der Waals surface area contributed by atoms with Crippen molar-refractivity contribution in [2.75, 3.05) is 23.1 Å². The van der Waals surface area contributed by atoms with Gasteiger partial charge in [-0.3, -0.25) is 18.8 Å². The summed E-state index contributed by atoms with van der Waals surface area (Å²) in [6, 6.07) is 14.0. The lowest BCUT2D eigenvalue weighted by Crippen LogP contribution is -2.41. The number of carbonyl (C=O) groups excluding carboxylic acids is 2. The van der Waals surface area contributed by atoms with Crippen LogP contribution < -0.4 is 4.31 Å². The van der Waals surface area contributed by atoms with E-state index in [0.29, 0.717) is 23.4 Å². The third-order valence-corrected chi connectivity index (χ3v) is 6.60. The summed E-state index contributed by atoms with van der Waals surface area (Å²) in [5.41, 5.74) is 2.36. The molecule has 2 aromatic carbocycles. The number of para-hydroxylation sites is 1. The van der Waals surface area contributed by atoms with Gasteiger partial charge in [0.2, 0.25) is 10.0 Å². The zero-order valence-electron chi connectivity index (χ0n) is 14.1. The minimum Gasteiger partial charge on any atom is -0.273 e. The van der Waals surface area contributed by atoms with E-state index >= 15 is 0 Å². The Bertz CT molecular complexity index is 965. The average Bonchev–Trinajstić information content (AvgIpc) is 2.90. The molecule has 134 valence electrons. The quantitative estimate of drug-likeness (QED) is 0.772. The van der Waals surface area contributed by atoms with Gasteiger partial charge in [-0.15, -0.1) is 0 Å². The molecule has 0 saturated carbocycles. The third kappa shape index (κ3) is 2.68. The van der Waals surface area contributed by atoms with Crippen molar-refractivity contribution < 1.29 is 18.0 Å². The van der Waals surface area contributed by atoms with Gasteiger partial charge in [-0.2, -0.15) is 0 Å². The lowest BCUT2D eigenvalue weighted by atomic mass is 10.0. The summed E-state index contributed by atoms with van der Waals surface area (Å²) in [4.78, 5) is 25.8. The van der Waals surface area contributed by atoms with Crippen LogP contribution in [0.15, 0.2) is 48.5 Å². The Morgan fingerprint density at radius 3 is 2.19 bits per heavy atom. The van der Waals surface area contributed by atoms with Gasteiger partial charge in [0, 0.05) is 13.1 Å². The van der Waals surface area contributed by atoms with Crippen molar-refractivity contribution in [2.24, 2.45) is 0 Å². The molecule has 0 saturated heterocycles. The summed E-state index contributed by atoms with van der Waals surface area (Å²) in [7, 11) is -3.63. The van der Waals surface area contributed by atoms with E-state index in [4.69, 9.17) is 0 Å². The van der Waals surface area contributed by atoms with Crippen LogP contribution in [-0.2, 0) is 16.4 Å². The molecule has 2 aliphatic rings. The van der Waals surface area contributed by atoms with Gasteiger partial charge in [0.15, 0.2) is 0 Å². The molecule has 0 aromatic heterocycles. The number of hydrogen-bond acceptors (Lipinski definition) is 4. The zero-order chi connectivity index (χ0) is 18.3. The highest BCUT2D eigenvalue weighted by Gasteiger charge is 2.36. The number of aryl methyl sites for hydroxylation is 1. The molecule has 0 fully saturated rings. The molecular formula is C19H18N2O4S. The summed E-state index contributed by atoms with van der Waals surface area (Å²) in [5.74, 6) is -1.15. The Morgan fingerprint density at radius 2 is 1.50 bits per heavy atom. The van der Waals surface area contributed by atoms with Crippen molar-refractivity contribution in [3.8, 4) is 0 Å². The van der Waals surface area contributed by atoms with Crippen LogP contribution in [0.3, 0.4) is 0 Å². The summed E-state index contributed by atoms with van der Waals surface area (Å²) in [5, 5.41) is 0. The highest BCUT2D eigenvalue weighted by Crippen LogP contribution is 2.29. The number of imide groups is 1. The molecule has 0 bridgehead atoms. The van der Waals surface area contributed by atoms with Crippen LogP contribution in [0.25, 0.3) is 0 Å². The van der Waals surface area contributed by atoms with Gasteiger partial charge in [0.05, 0.1) is 22.6 Å². The number of hydrogen-bond donors (Lipinski definition) is 0. The normalized spacial score (nSPS) is 16.6. The Morgan fingerprint density at radius 1 is 0.885 bits per heavy atom. The first-order valence-electron chi connectivity index (χ1n) is 8.52. The van der Waals surface area contributed by atoms with Gasteiger partial charge in [-0.1, -0.05) is 30.3 Å². The van der Waals surface area contributed by atoms with Crippen molar-refractivity contribution in [1.82, 2.24) is 4.90 Å². The highest BCUT2D eigenvalue weighted by molar-refractivity contribution is 7.92. The lowest BCUT2D eigenvalue weighted by molar-refractivity contribution is 0.0664. The standard InChI is InChI=1S/C19H18N2O4S/c22-18-15-8-2-3-9-16(15)19(23)20(18)12-13-26(24,25)21-11-5-7-14-6-1-4-10-17(14)21/h1-4,6,8-10H,5,7,11-13H2. The van der Waals surface area contributed by atoms with Crippen molar-refractivity contribution in [3.05, 3.63) is 65.2 Å². The zero-order valence-corrected chi connectivity index (χ0v) is 14.9. The van der Waals surface area contributed by atoms with Crippen molar-refractivity contribution >= 4 is 27.5 Å². The van der Waals surface area contributed by atoms with E-state index in [-0.39, 0.29) is 12.3 Å². The van der Waals surface area contributed by atoms with Gasteiger partial charge in [0.25, 0.3) is 11.8 Å². The summed E-state index contributed by atoms with van der Waals surface area (Å²) in [6.45, 7) is 0.273. The number of benzene rings is 2. The Kier molecular flexibility index (Phi) is 4.03. The van der Waals surface area contributed by atoms with Gasteiger partial charge in [0.1, 0.15) is 0 Å². The van der Waals surface area contributed by atoms with E-state index in [2.05, 4.69) is 0 Å². The fourth-order valence-electron chi connectivity index (χ4n) is 3.55. The molecule has 4 rings (SSSR count). The van der Waals surface area contributed by atoms with Gasteiger partial charge < -0.3 is 0 Å². The molecule has 2 aliphatic heterocycles. The molecule has 0 aliphatic carbocycles. The van der Waals surface area contributed by atoms with Crippen LogP contribution in [0.4, 0.5) is 5.69 Å². The van der Waals surface area contributed by atoms with E-state index in [0.717, 1.165) is 23.3 Å². The molecule has 6 nitrogen and oxygen atoms in total. The van der Waals surface area contributed by atoms with E-state index in [1.165, 1.54) is 4.31 Å². The number of amides is 2. The predicted molar refractivity (Wildman–Crippen MR) is 97.7 cm³/mol. The lowest BCUT2D eigenvalue weighted by Gasteiger charge is -2.30. The van der Waals surface area contributed by atoms with Crippen LogP contribution in [-0.4, -0.2) is 44.0 Å². The second kappa shape index (κ2) is 6.25. The van der Waals surface area contributed by atoms with Crippen LogP contribution in [0.1, 0.15) is 32.7 Å². The first kappa shape index (κ1) is 16.8. The number of anilines is 1. The Balaban J connectivity index is 1.54. The maximum atomic E-state index is 12.9. The Hall–Kier alpha value is -2.67. The maximum absolute atomic E-state index is 12.9. The monoisotopic (exact) mass is 370 g/mol. The first-order chi connectivity index (χ1) is 12.5. The maximum Gasteiger partial charge on any atom is 0.261 e. The summed E-state index contributed by atoms with van der Waals surface area (Å²) < 4.78 is 27.1. The molecule has 2 amide bonds. The van der Waals surface area contributed by atoms with Gasteiger partial charge >= 0.3 is 0 Å². The molecule has 0 N–H and O–H groups in total.